The SMILES string of the molecule is CC(C)[C@]1(C(=O)O)CCC[C@@H](c2nc(-c3ccc(C(C)(O)c4cccc(C(F)(F)F)c4)cc3)c3c(N)nccn23)C1. The fraction of sp³-hybridized carbons (Fsp3) is 0.387. The van der Waals surface area contributed by atoms with E-state index in [2.05, 4.69) is 4.98 Å². The van der Waals surface area contributed by atoms with E-state index < -0.39 is 28.7 Å². The fourth-order valence-electron chi connectivity index (χ4n) is 6.19. The standard InChI is InChI=1S/C31H33F3N4O3/c1-18(2)30(28(39)40)13-5-6-20(17-30)27-37-24(25-26(35)36-14-15-38(25)27)19-9-11-21(12-10-19)29(3,41)22-7-4-8-23(16-22)31(32,33)34/h4,7-12,14-16,18,20,41H,5-6,13,17H2,1-3H3,(H2,35,36)(H,39,40)/t20-,29?,30+/m1/s1. The maximum Gasteiger partial charge on any atom is 0.416 e. The molecule has 3 atom stereocenters. The van der Waals surface area contributed by atoms with E-state index in [1.807, 2.05) is 18.2 Å². The highest BCUT2D eigenvalue weighted by molar-refractivity contribution is 5.85. The number of hydrogen-bond donors (Lipinski definition) is 3. The number of nitrogens with zero attached hydrogens (tertiary/aromatic N) is 3. The summed E-state index contributed by atoms with van der Waals surface area (Å²) in [5.41, 5.74) is 5.32. The highest BCUT2D eigenvalue weighted by Crippen LogP contribution is 2.49. The smallest absolute Gasteiger partial charge is 0.416 e. The zero-order chi connectivity index (χ0) is 29.7. The average molecular weight is 567 g/mol. The number of hydrogen-bond acceptors (Lipinski definition) is 5. The number of carbonyl (C=O) groups is 1. The summed E-state index contributed by atoms with van der Waals surface area (Å²) in [5, 5.41) is 21.4. The topological polar surface area (TPSA) is 114 Å². The normalized spacial score (nSPS) is 21.2. The molecular weight excluding hydrogens is 533 g/mol. The maximum atomic E-state index is 13.3. The molecule has 4 N–H and O–H groups in total. The molecule has 1 fully saturated rings. The minimum atomic E-state index is -4.53. The summed E-state index contributed by atoms with van der Waals surface area (Å²) >= 11 is 0. The van der Waals surface area contributed by atoms with Gasteiger partial charge in [-0.3, -0.25) is 9.20 Å². The Bertz CT molecular complexity index is 1590. The van der Waals surface area contributed by atoms with Crippen molar-refractivity contribution in [2.75, 3.05) is 5.73 Å². The number of carboxylic acid groups (broad SMARTS) is 1. The molecule has 4 aromatic rings. The number of anilines is 1. The van der Waals surface area contributed by atoms with Crippen LogP contribution < -0.4 is 5.73 Å². The molecule has 1 unspecified atom stereocenters. The Morgan fingerprint density at radius 2 is 1.80 bits per heavy atom. The monoisotopic (exact) mass is 566 g/mol. The molecule has 216 valence electrons. The first-order valence-corrected chi connectivity index (χ1v) is 13.6. The van der Waals surface area contributed by atoms with Crippen molar-refractivity contribution in [2.45, 2.75) is 64.1 Å². The lowest BCUT2D eigenvalue weighted by molar-refractivity contribution is -0.155. The Morgan fingerprint density at radius 1 is 1.12 bits per heavy atom. The number of alkyl halides is 3. The summed E-state index contributed by atoms with van der Waals surface area (Å²) in [6, 6.07) is 11.5. The molecule has 0 bridgehead atoms. The quantitative estimate of drug-likeness (QED) is 0.241. The average Bonchev–Trinajstić information content (AvgIpc) is 3.33. The first-order valence-electron chi connectivity index (χ1n) is 13.6. The van der Waals surface area contributed by atoms with Crippen LogP contribution in [0, 0.1) is 11.3 Å². The summed E-state index contributed by atoms with van der Waals surface area (Å²) in [6.07, 6.45) is 1.46. The van der Waals surface area contributed by atoms with Crippen molar-refractivity contribution in [1.82, 2.24) is 14.4 Å². The van der Waals surface area contributed by atoms with E-state index in [1.54, 1.807) is 36.7 Å². The minimum absolute atomic E-state index is 0.0441. The molecule has 41 heavy (non-hydrogen) atoms. The second kappa shape index (κ2) is 10.2. The molecular formula is C31H33F3N4O3. The van der Waals surface area contributed by atoms with Gasteiger partial charge in [0.2, 0.25) is 0 Å². The summed E-state index contributed by atoms with van der Waals surface area (Å²) in [4.78, 5) is 21.6. The van der Waals surface area contributed by atoms with Crippen LogP contribution >= 0.6 is 0 Å². The molecule has 1 saturated carbocycles. The number of fused-ring (bicyclic) bond motifs is 1. The largest absolute Gasteiger partial charge is 0.481 e. The highest BCUT2D eigenvalue weighted by atomic mass is 19.4. The van der Waals surface area contributed by atoms with Crippen LogP contribution in [0.3, 0.4) is 0 Å². The van der Waals surface area contributed by atoms with Crippen LogP contribution in [0.2, 0.25) is 0 Å². The molecule has 2 heterocycles. The number of nitrogens with two attached hydrogens (primary N) is 1. The van der Waals surface area contributed by atoms with Gasteiger partial charge in [0, 0.05) is 23.9 Å². The van der Waals surface area contributed by atoms with E-state index in [0.29, 0.717) is 35.2 Å². The lowest BCUT2D eigenvalue weighted by Gasteiger charge is -2.40. The Labute approximate surface area is 235 Å². The second-order valence-electron chi connectivity index (χ2n) is 11.5. The lowest BCUT2D eigenvalue weighted by atomic mass is 9.63. The van der Waals surface area contributed by atoms with Gasteiger partial charge >= 0.3 is 12.1 Å². The molecule has 1 aliphatic rings. The number of halogens is 3. The third-order valence-electron chi connectivity index (χ3n) is 8.77. The Kier molecular flexibility index (Phi) is 7.09. The zero-order valence-electron chi connectivity index (χ0n) is 23.1. The summed E-state index contributed by atoms with van der Waals surface area (Å²) in [7, 11) is 0. The van der Waals surface area contributed by atoms with Gasteiger partial charge < -0.3 is 15.9 Å². The first-order chi connectivity index (χ1) is 19.3. The van der Waals surface area contributed by atoms with Crippen LogP contribution in [-0.2, 0) is 16.6 Å². The van der Waals surface area contributed by atoms with Gasteiger partial charge in [-0.2, -0.15) is 13.2 Å². The van der Waals surface area contributed by atoms with Gasteiger partial charge in [0.25, 0.3) is 0 Å². The summed E-state index contributed by atoms with van der Waals surface area (Å²) < 4.78 is 41.7. The van der Waals surface area contributed by atoms with Crippen LogP contribution in [0.4, 0.5) is 19.0 Å². The van der Waals surface area contributed by atoms with E-state index in [1.165, 1.54) is 19.1 Å². The number of carboxylic acids is 1. The van der Waals surface area contributed by atoms with Crippen LogP contribution in [0.5, 0.6) is 0 Å². The van der Waals surface area contributed by atoms with E-state index in [9.17, 15) is 28.2 Å². The van der Waals surface area contributed by atoms with Crippen LogP contribution in [0.25, 0.3) is 16.8 Å². The van der Waals surface area contributed by atoms with Crippen LogP contribution in [-0.4, -0.2) is 30.6 Å². The van der Waals surface area contributed by atoms with Gasteiger partial charge in [-0.15, -0.1) is 0 Å². The van der Waals surface area contributed by atoms with Gasteiger partial charge in [-0.1, -0.05) is 56.7 Å². The molecule has 2 aromatic carbocycles. The highest BCUT2D eigenvalue weighted by Gasteiger charge is 2.46. The molecule has 5 rings (SSSR count). The Balaban J connectivity index is 1.54. The Hall–Kier alpha value is -3.92. The number of benzene rings is 2. The molecule has 10 heteroatoms. The third kappa shape index (κ3) is 4.94. The molecule has 0 radical (unpaired) electrons. The van der Waals surface area contributed by atoms with Gasteiger partial charge in [0.05, 0.1) is 11.0 Å². The van der Waals surface area contributed by atoms with Gasteiger partial charge in [0.1, 0.15) is 28.5 Å². The molecule has 0 saturated heterocycles. The van der Waals surface area contributed by atoms with Gasteiger partial charge in [0.15, 0.2) is 0 Å². The van der Waals surface area contributed by atoms with Crippen molar-refractivity contribution in [3.8, 4) is 11.3 Å². The Morgan fingerprint density at radius 3 is 2.44 bits per heavy atom. The predicted octanol–water partition coefficient (Wildman–Crippen LogP) is 6.64. The first kappa shape index (κ1) is 28.6. The van der Waals surface area contributed by atoms with Crippen molar-refractivity contribution in [3.05, 3.63) is 83.4 Å². The molecule has 1 aliphatic carbocycles. The number of aliphatic carboxylic acids is 1. The van der Waals surface area contributed by atoms with Crippen molar-refractivity contribution in [3.63, 3.8) is 0 Å². The van der Waals surface area contributed by atoms with E-state index in [-0.39, 0.29) is 23.2 Å². The predicted molar refractivity (Wildman–Crippen MR) is 149 cm³/mol. The van der Waals surface area contributed by atoms with E-state index >= 15 is 0 Å². The van der Waals surface area contributed by atoms with Gasteiger partial charge in [-0.25, -0.2) is 9.97 Å². The second-order valence-corrected chi connectivity index (χ2v) is 11.5. The van der Waals surface area contributed by atoms with Gasteiger partial charge in [-0.05, 0) is 55.4 Å². The number of aliphatic hydroxyl groups is 1. The molecule has 2 aromatic heterocycles. The fourth-order valence-corrected chi connectivity index (χ4v) is 6.19. The van der Waals surface area contributed by atoms with Crippen molar-refractivity contribution in [1.29, 1.82) is 0 Å². The molecule has 0 spiro atoms. The minimum Gasteiger partial charge on any atom is -0.481 e. The lowest BCUT2D eigenvalue weighted by Crippen LogP contribution is -2.40. The van der Waals surface area contributed by atoms with Crippen LogP contribution in [0.1, 0.15) is 74.9 Å². The maximum absolute atomic E-state index is 13.3. The van der Waals surface area contributed by atoms with E-state index in [4.69, 9.17) is 10.7 Å². The zero-order valence-corrected chi connectivity index (χ0v) is 23.1. The third-order valence-corrected chi connectivity index (χ3v) is 8.77. The summed E-state index contributed by atoms with van der Waals surface area (Å²) in [5.74, 6) is 0.0482. The van der Waals surface area contributed by atoms with Crippen molar-refractivity contribution in [2.24, 2.45) is 11.3 Å². The van der Waals surface area contributed by atoms with E-state index in [0.717, 1.165) is 30.8 Å². The molecule has 7 nitrogen and oxygen atoms in total. The molecule has 0 amide bonds. The number of rotatable bonds is 6. The summed E-state index contributed by atoms with van der Waals surface area (Å²) in [6.45, 7) is 5.35. The number of aromatic nitrogens is 3. The number of imidazole rings is 1. The van der Waals surface area contributed by atoms with Crippen LogP contribution in [0.15, 0.2) is 60.9 Å². The van der Waals surface area contributed by atoms with Crippen molar-refractivity contribution < 1.29 is 28.2 Å². The van der Waals surface area contributed by atoms with Crippen molar-refractivity contribution >= 4 is 17.3 Å². The molecule has 0 aliphatic heterocycles. The number of nitrogen functional groups attached to an aromatic ring is 1.